The van der Waals surface area contributed by atoms with Gasteiger partial charge < -0.3 is 9.73 Å². The number of thiazole rings is 1. The van der Waals surface area contributed by atoms with Gasteiger partial charge in [-0.1, -0.05) is 11.8 Å². The Bertz CT molecular complexity index is 1220. The van der Waals surface area contributed by atoms with Gasteiger partial charge in [-0.05, 0) is 36.4 Å². The van der Waals surface area contributed by atoms with E-state index in [4.69, 9.17) is 4.42 Å². The third-order valence-electron chi connectivity index (χ3n) is 3.95. The Kier molecular flexibility index (Phi) is 6.00. The van der Waals surface area contributed by atoms with Crippen LogP contribution >= 0.6 is 23.1 Å². The van der Waals surface area contributed by atoms with Crippen LogP contribution < -0.4 is 5.32 Å². The maximum Gasteiger partial charge on any atom is 0.277 e. The molecule has 0 bridgehead atoms. The minimum absolute atomic E-state index is 0.00635. The molecule has 2 aromatic heterocycles. The van der Waals surface area contributed by atoms with Crippen LogP contribution in [0.5, 0.6) is 0 Å². The zero-order valence-electron chi connectivity index (χ0n) is 15.5. The summed E-state index contributed by atoms with van der Waals surface area (Å²) in [7, 11) is 0. The summed E-state index contributed by atoms with van der Waals surface area (Å²) in [4.78, 5) is 26.8. The summed E-state index contributed by atoms with van der Waals surface area (Å²) in [5.41, 5.74) is 1.87. The SMILES string of the molecule is O=C(CSc1nnc(-c2ccc(F)cc2)o1)Nc1nc(-c2ccc([N+](=O)[O-])cc2)cs1. The number of nitro benzene ring substituents is 1. The van der Waals surface area contributed by atoms with Crippen LogP contribution in [0.2, 0.25) is 0 Å². The zero-order chi connectivity index (χ0) is 21.8. The van der Waals surface area contributed by atoms with Crippen LogP contribution in [-0.4, -0.2) is 31.8 Å². The molecule has 0 aliphatic heterocycles. The smallest absolute Gasteiger partial charge is 0.277 e. The number of non-ortho nitro benzene ring substituents is 1. The molecule has 0 saturated heterocycles. The second-order valence-electron chi connectivity index (χ2n) is 6.06. The second-order valence-corrected chi connectivity index (χ2v) is 7.84. The molecule has 0 aliphatic rings. The van der Waals surface area contributed by atoms with Crippen molar-refractivity contribution in [3.8, 4) is 22.7 Å². The third-order valence-corrected chi connectivity index (χ3v) is 5.52. The Morgan fingerprint density at radius 3 is 2.55 bits per heavy atom. The molecule has 0 spiro atoms. The maximum atomic E-state index is 13.0. The quantitative estimate of drug-likeness (QED) is 0.242. The maximum absolute atomic E-state index is 13.0. The minimum atomic E-state index is -0.472. The number of carbonyl (C=O) groups excluding carboxylic acids is 1. The lowest BCUT2D eigenvalue weighted by molar-refractivity contribution is -0.384. The number of hydrogen-bond donors (Lipinski definition) is 1. The van der Waals surface area contributed by atoms with Crippen molar-refractivity contribution in [2.24, 2.45) is 0 Å². The van der Waals surface area contributed by atoms with Crippen LogP contribution in [-0.2, 0) is 4.79 Å². The highest BCUT2D eigenvalue weighted by atomic mass is 32.2. The van der Waals surface area contributed by atoms with Crippen LogP contribution in [0.25, 0.3) is 22.7 Å². The molecule has 0 saturated carbocycles. The number of aromatic nitrogens is 3. The van der Waals surface area contributed by atoms with Gasteiger partial charge in [0.05, 0.1) is 16.4 Å². The van der Waals surface area contributed by atoms with E-state index in [0.29, 0.717) is 22.0 Å². The summed E-state index contributed by atoms with van der Waals surface area (Å²) in [6.45, 7) is 0. The van der Waals surface area contributed by atoms with Gasteiger partial charge in [-0.15, -0.1) is 21.5 Å². The molecule has 0 unspecified atom stereocenters. The Labute approximate surface area is 182 Å². The van der Waals surface area contributed by atoms with E-state index in [1.54, 1.807) is 17.5 Å². The normalized spacial score (nSPS) is 10.7. The number of benzene rings is 2. The van der Waals surface area contributed by atoms with Gasteiger partial charge in [0.1, 0.15) is 5.82 Å². The van der Waals surface area contributed by atoms with E-state index in [2.05, 4.69) is 20.5 Å². The predicted molar refractivity (Wildman–Crippen MR) is 113 cm³/mol. The number of hydrogen-bond acceptors (Lipinski definition) is 9. The first-order valence-electron chi connectivity index (χ1n) is 8.70. The summed E-state index contributed by atoms with van der Waals surface area (Å²) >= 11 is 2.30. The molecule has 31 heavy (non-hydrogen) atoms. The van der Waals surface area contributed by atoms with Gasteiger partial charge in [-0.25, -0.2) is 9.37 Å². The molecule has 1 N–H and O–H groups in total. The lowest BCUT2D eigenvalue weighted by atomic mass is 10.1. The third kappa shape index (κ3) is 5.10. The van der Waals surface area contributed by atoms with E-state index in [1.807, 2.05) is 0 Å². The monoisotopic (exact) mass is 457 g/mol. The van der Waals surface area contributed by atoms with E-state index in [1.165, 1.54) is 47.7 Å². The van der Waals surface area contributed by atoms with Crippen molar-refractivity contribution in [1.29, 1.82) is 0 Å². The van der Waals surface area contributed by atoms with Gasteiger partial charge in [0.2, 0.25) is 11.8 Å². The number of nitro groups is 1. The summed E-state index contributed by atoms with van der Waals surface area (Å²) in [6, 6.07) is 11.6. The largest absolute Gasteiger partial charge is 0.411 e. The van der Waals surface area contributed by atoms with Crippen molar-refractivity contribution in [2.45, 2.75) is 5.22 Å². The molecule has 2 heterocycles. The van der Waals surface area contributed by atoms with Crippen LogP contribution in [0, 0.1) is 15.9 Å². The summed E-state index contributed by atoms with van der Waals surface area (Å²) in [6.07, 6.45) is 0. The van der Waals surface area contributed by atoms with Gasteiger partial charge in [0.15, 0.2) is 5.13 Å². The summed E-state index contributed by atoms with van der Waals surface area (Å²) < 4.78 is 18.5. The van der Waals surface area contributed by atoms with E-state index in [-0.39, 0.29) is 34.3 Å². The first-order chi connectivity index (χ1) is 15.0. The van der Waals surface area contributed by atoms with Crippen molar-refractivity contribution in [3.63, 3.8) is 0 Å². The Hall–Kier alpha value is -3.64. The first-order valence-corrected chi connectivity index (χ1v) is 10.6. The molecule has 1 amide bonds. The highest BCUT2D eigenvalue weighted by molar-refractivity contribution is 7.99. The summed E-state index contributed by atoms with van der Waals surface area (Å²) in [5, 5.41) is 23.5. The lowest BCUT2D eigenvalue weighted by Crippen LogP contribution is -2.13. The molecule has 4 rings (SSSR count). The van der Waals surface area contributed by atoms with Crippen LogP contribution in [0.1, 0.15) is 0 Å². The predicted octanol–water partition coefficient (Wildman–Crippen LogP) is 4.64. The number of amides is 1. The number of thioether (sulfide) groups is 1. The van der Waals surface area contributed by atoms with E-state index < -0.39 is 4.92 Å². The molecule has 12 heteroatoms. The molecule has 0 fully saturated rings. The Balaban J connectivity index is 1.32. The number of halogens is 1. The number of nitrogens with zero attached hydrogens (tertiary/aromatic N) is 4. The molecule has 156 valence electrons. The fourth-order valence-corrected chi connectivity index (χ4v) is 3.78. The van der Waals surface area contributed by atoms with Crippen molar-refractivity contribution >= 4 is 39.8 Å². The fourth-order valence-electron chi connectivity index (χ4n) is 2.48. The van der Waals surface area contributed by atoms with Gasteiger partial charge in [-0.2, -0.15) is 0 Å². The Morgan fingerprint density at radius 1 is 1.13 bits per heavy atom. The molecular formula is C19H12FN5O4S2. The van der Waals surface area contributed by atoms with Crippen LogP contribution in [0.15, 0.2) is 63.6 Å². The topological polar surface area (TPSA) is 124 Å². The van der Waals surface area contributed by atoms with Crippen LogP contribution in [0.3, 0.4) is 0 Å². The highest BCUT2D eigenvalue weighted by Crippen LogP contribution is 2.27. The fraction of sp³-hybridized carbons (Fsp3) is 0.0526. The van der Waals surface area contributed by atoms with Crippen molar-refractivity contribution in [2.75, 3.05) is 11.1 Å². The average molecular weight is 457 g/mol. The van der Waals surface area contributed by atoms with E-state index in [9.17, 15) is 19.3 Å². The molecule has 9 nitrogen and oxygen atoms in total. The van der Waals surface area contributed by atoms with Crippen molar-refractivity contribution in [1.82, 2.24) is 15.2 Å². The van der Waals surface area contributed by atoms with Gasteiger partial charge >= 0.3 is 0 Å². The highest BCUT2D eigenvalue weighted by Gasteiger charge is 2.13. The van der Waals surface area contributed by atoms with Crippen molar-refractivity contribution < 1.29 is 18.5 Å². The molecule has 0 radical (unpaired) electrons. The number of anilines is 1. The van der Waals surface area contributed by atoms with E-state index in [0.717, 1.165) is 11.8 Å². The molecule has 2 aromatic carbocycles. The van der Waals surface area contributed by atoms with Gasteiger partial charge in [-0.3, -0.25) is 14.9 Å². The molecule has 0 aliphatic carbocycles. The lowest BCUT2D eigenvalue weighted by Gasteiger charge is -1.99. The summed E-state index contributed by atoms with van der Waals surface area (Å²) in [5.74, 6) is -0.419. The minimum Gasteiger partial charge on any atom is -0.411 e. The van der Waals surface area contributed by atoms with Crippen LogP contribution in [0.4, 0.5) is 15.2 Å². The molecule has 4 aromatic rings. The van der Waals surface area contributed by atoms with E-state index >= 15 is 0 Å². The molecular weight excluding hydrogens is 445 g/mol. The number of rotatable bonds is 7. The standard InChI is InChI=1S/C19H12FN5O4S2/c20-13-5-1-12(2-6-13)17-23-24-19(29-17)31-10-16(26)22-18-21-15(9-30-18)11-3-7-14(8-4-11)25(27)28/h1-9H,10H2,(H,21,22,26). The first kappa shape index (κ1) is 20.6. The average Bonchev–Trinajstić information content (AvgIpc) is 3.43. The number of carbonyl (C=O) groups is 1. The Morgan fingerprint density at radius 2 is 1.84 bits per heavy atom. The zero-order valence-corrected chi connectivity index (χ0v) is 17.2. The second kappa shape index (κ2) is 9.02. The van der Waals surface area contributed by atoms with Gasteiger partial charge in [0.25, 0.3) is 10.9 Å². The molecule has 0 atom stereocenters. The number of nitrogens with one attached hydrogen (secondary N) is 1. The van der Waals surface area contributed by atoms with Gasteiger partial charge in [0, 0.05) is 28.6 Å². The van der Waals surface area contributed by atoms with Crippen molar-refractivity contribution in [3.05, 3.63) is 69.8 Å².